The van der Waals surface area contributed by atoms with Crippen molar-refractivity contribution < 1.29 is 9.47 Å². The van der Waals surface area contributed by atoms with Crippen molar-refractivity contribution in [2.24, 2.45) is 0 Å². The van der Waals surface area contributed by atoms with Crippen molar-refractivity contribution in [3.05, 3.63) is 24.3 Å². The van der Waals surface area contributed by atoms with Crippen molar-refractivity contribution in [2.45, 2.75) is 33.8 Å². The fourth-order valence-electron chi connectivity index (χ4n) is 0.926. The molecule has 0 heterocycles. The summed E-state index contributed by atoms with van der Waals surface area (Å²) < 4.78 is 10.5. The molecule has 0 unspecified atom stereocenters. The van der Waals surface area contributed by atoms with Crippen LogP contribution in [0.4, 0.5) is 0 Å². The lowest BCUT2D eigenvalue weighted by Crippen LogP contribution is -2.05. The molecule has 0 saturated carbocycles. The number of hydrogen-bond acceptors (Lipinski definition) is 2. The average Bonchev–Trinajstić information content (AvgIpc) is 2.21. The minimum Gasteiger partial charge on any atom is -0.497 e. The average molecular weight is 196 g/mol. The summed E-state index contributed by atoms with van der Waals surface area (Å²) in [6.07, 6.45) is 0.221. The van der Waals surface area contributed by atoms with E-state index in [4.69, 9.17) is 9.47 Å². The van der Waals surface area contributed by atoms with E-state index in [0.29, 0.717) is 0 Å². The Balaban J connectivity index is 0.000000791. The Morgan fingerprint density at radius 2 is 1.36 bits per heavy atom. The van der Waals surface area contributed by atoms with E-state index in [2.05, 4.69) is 0 Å². The molecule has 1 rings (SSSR count). The van der Waals surface area contributed by atoms with Gasteiger partial charge in [0.25, 0.3) is 0 Å². The minimum atomic E-state index is 0.221. The first-order valence-corrected chi connectivity index (χ1v) is 5.03. The van der Waals surface area contributed by atoms with Gasteiger partial charge in [-0.1, -0.05) is 13.8 Å². The highest BCUT2D eigenvalue weighted by molar-refractivity contribution is 5.31. The summed E-state index contributed by atoms with van der Waals surface area (Å²) in [6, 6.07) is 7.58. The van der Waals surface area contributed by atoms with Gasteiger partial charge in [-0.05, 0) is 38.1 Å². The second-order valence-corrected chi connectivity index (χ2v) is 2.84. The van der Waals surface area contributed by atoms with Crippen molar-refractivity contribution in [1.29, 1.82) is 0 Å². The van der Waals surface area contributed by atoms with Crippen molar-refractivity contribution in [1.82, 2.24) is 0 Å². The lowest BCUT2D eigenvalue weighted by molar-refractivity contribution is 0.242. The lowest BCUT2D eigenvalue weighted by Gasteiger charge is -2.09. The third kappa shape index (κ3) is 4.75. The largest absolute Gasteiger partial charge is 0.497 e. The van der Waals surface area contributed by atoms with E-state index in [1.54, 1.807) is 7.11 Å². The van der Waals surface area contributed by atoms with E-state index in [0.717, 1.165) is 11.5 Å². The van der Waals surface area contributed by atoms with Gasteiger partial charge in [0.2, 0.25) is 0 Å². The molecule has 0 aliphatic heterocycles. The number of methoxy groups -OCH3 is 1. The second kappa shape index (κ2) is 7.25. The number of ether oxygens (including phenoxy) is 2. The predicted octanol–water partition coefficient (Wildman–Crippen LogP) is 3.51. The molecular weight excluding hydrogens is 176 g/mol. The first-order chi connectivity index (χ1) is 6.72. The molecular formula is C12H20O2. The van der Waals surface area contributed by atoms with Crippen LogP contribution in [0.15, 0.2) is 24.3 Å². The predicted molar refractivity (Wildman–Crippen MR) is 60.1 cm³/mol. The second-order valence-electron chi connectivity index (χ2n) is 2.84. The molecule has 0 amide bonds. The molecule has 0 aliphatic carbocycles. The highest BCUT2D eigenvalue weighted by atomic mass is 16.5. The molecule has 0 saturated heterocycles. The van der Waals surface area contributed by atoms with Crippen LogP contribution >= 0.6 is 0 Å². The van der Waals surface area contributed by atoms with Gasteiger partial charge in [0.15, 0.2) is 0 Å². The Bertz CT molecular complexity index is 227. The zero-order valence-electron chi connectivity index (χ0n) is 9.70. The topological polar surface area (TPSA) is 18.5 Å². The highest BCUT2D eigenvalue weighted by Crippen LogP contribution is 2.17. The molecule has 14 heavy (non-hydrogen) atoms. The van der Waals surface area contributed by atoms with Crippen LogP contribution in [-0.4, -0.2) is 13.2 Å². The molecule has 2 nitrogen and oxygen atoms in total. The summed E-state index contributed by atoms with van der Waals surface area (Å²) in [7, 11) is 1.65. The van der Waals surface area contributed by atoms with E-state index in [1.807, 2.05) is 52.0 Å². The van der Waals surface area contributed by atoms with Crippen LogP contribution < -0.4 is 9.47 Å². The van der Waals surface area contributed by atoms with E-state index >= 15 is 0 Å². The summed E-state index contributed by atoms with van der Waals surface area (Å²) in [4.78, 5) is 0. The Morgan fingerprint density at radius 3 is 1.71 bits per heavy atom. The molecule has 80 valence electrons. The van der Waals surface area contributed by atoms with Gasteiger partial charge in [-0.15, -0.1) is 0 Å². The monoisotopic (exact) mass is 196 g/mol. The van der Waals surface area contributed by atoms with Crippen molar-refractivity contribution in [2.75, 3.05) is 7.11 Å². The smallest absolute Gasteiger partial charge is 0.119 e. The Labute approximate surface area is 86.9 Å². The van der Waals surface area contributed by atoms with E-state index in [1.165, 1.54) is 0 Å². The maximum absolute atomic E-state index is 5.46. The molecule has 0 aliphatic rings. The minimum absolute atomic E-state index is 0.221. The molecule has 2 heteroatoms. The third-order valence-electron chi connectivity index (χ3n) is 1.43. The molecule has 1 aromatic rings. The van der Waals surface area contributed by atoms with Crippen LogP contribution in [0.5, 0.6) is 11.5 Å². The Kier molecular flexibility index (Phi) is 6.63. The standard InChI is InChI=1S/C10H14O2.C2H6/c1-8(2)12-10-6-4-9(11-3)5-7-10;1-2/h4-8H,1-3H3;1-2H3. The molecule has 0 spiro atoms. The van der Waals surface area contributed by atoms with Gasteiger partial charge < -0.3 is 9.47 Å². The summed E-state index contributed by atoms with van der Waals surface area (Å²) in [5.74, 6) is 1.73. The number of benzene rings is 1. The molecule has 0 radical (unpaired) electrons. The van der Waals surface area contributed by atoms with Crippen LogP contribution in [0.25, 0.3) is 0 Å². The van der Waals surface area contributed by atoms with E-state index in [9.17, 15) is 0 Å². The van der Waals surface area contributed by atoms with E-state index in [-0.39, 0.29) is 6.10 Å². The Hall–Kier alpha value is -1.18. The van der Waals surface area contributed by atoms with Crippen LogP contribution in [0.2, 0.25) is 0 Å². The van der Waals surface area contributed by atoms with Gasteiger partial charge in [-0.3, -0.25) is 0 Å². The van der Waals surface area contributed by atoms with Crippen molar-refractivity contribution in [3.8, 4) is 11.5 Å². The highest BCUT2D eigenvalue weighted by Gasteiger charge is 1.96. The van der Waals surface area contributed by atoms with Gasteiger partial charge in [-0.25, -0.2) is 0 Å². The summed E-state index contributed by atoms with van der Waals surface area (Å²) in [5.41, 5.74) is 0. The zero-order chi connectivity index (χ0) is 11.0. The lowest BCUT2D eigenvalue weighted by atomic mass is 10.3. The van der Waals surface area contributed by atoms with Crippen LogP contribution in [0.3, 0.4) is 0 Å². The molecule has 0 bridgehead atoms. The maximum Gasteiger partial charge on any atom is 0.119 e. The SMILES string of the molecule is CC.COc1ccc(OC(C)C)cc1. The number of hydrogen-bond donors (Lipinski definition) is 0. The van der Waals surface area contributed by atoms with Crippen LogP contribution in [0, 0.1) is 0 Å². The Morgan fingerprint density at radius 1 is 0.929 bits per heavy atom. The van der Waals surface area contributed by atoms with Crippen LogP contribution in [-0.2, 0) is 0 Å². The van der Waals surface area contributed by atoms with Gasteiger partial charge in [0.1, 0.15) is 11.5 Å². The molecule has 0 aromatic heterocycles. The van der Waals surface area contributed by atoms with Crippen LogP contribution in [0.1, 0.15) is 27.7 Å². The van der Waals surface area contributed by atoms with E-state index < -0.39 is 0 Å². The summed E-state index contributed by atoms with van der Waals surface area (Å²) in [6.45, 7) is 8.01. The molecule has 0 atom stereocenters. The molecule has 1 aromatic carbocycles. The quantitative estimate of drug-likeness (QED) is 0.736. The summed E-state index contributed by atoms with van der Waals surface area (Å²) in [5, 5.41) is 0. The maximum atomic E-state index is 5.46. The van der Waals surface area contributed by atoms with Gasteiger partial charge in [0.05, 0.1) is 13.2 Å². The third-order valence-corrected chi connectivity index (χ3v) is 1.43. The first kappa shape index (κ1) is 12.8. The van der Waals surface area contributed by atoms with Gasteiger partial charge >= 0.3 is 0 Å². The van der Waals surface area contributed by atoms with Gasteiger partial charge in [0, 0.05) is 0 Å². The molecule has 0 N–H and O–H groups in total. The zero-order valence-corrected chi connectivity index (χ0v) is 9.70. The normalized spacial score (nSPS) is 9.00. The fraction of sp³-hybridized carbons (Fsp3) is 0.500. The van der Waals surface area contributed by atoms with Crippen molar-refractivity contribution >= 4 is 0 Å². The number of rotatable bonds is 3. The first-order valence-electron chi connectivity index (χ1n) is 5.03. The fourth-order valence-corrected chi connectivity index (χ4v) is 0.926. The van der Waals surface area contributed by atoms with Crippen molar-refractivity contribution in [3.63, 3.8) is 0 Å². The summed E-state index contributed by atoms with van der Waals surface area (Å²) >= 11 is 0. The molecule has 0 fully saturated rings. The van der Waals surface area contributed by atoms with Gasteiger partial charge in [-0.2, -0.15) is 0 Å².